The normalized spacial score (nSPS) is 15.4. The van der Waals surface area contributed by atoms with Gasteiger partial charge in [0.1, 0.15) is 31.8 Å². The molecule has 0 heterocycles. The van der Waals surface area contributed by atoms with Crippen molar-refractivity contribution < 1.29 is 14.7 Å². The van der Waals surface area contributed by atoms with Gasteiger partial charge in [0.05, 0.1) is 6.20 Å². The van der Waals surface area contributed by atoms with Gasteiger partial charge >= 0.3 is 0 Å². The molecular weight excluding hydrogens is 418 g/mol. The van der Waals surface area contributed by atoms with E-state index in [-0.39, 0.29) is 0 Å². The van der Waals surface area contributed by atoms with E-state index in [0.717, 1.165) is 13.0 Å². The fourth-order valence-corrected chi connectivity index (χ4v) is 5.13. The molecule has 0 aliphatic rings. The first-order valence-electron chi connectivity index (χ1n) is 14.4. The second-order valence-corrected chi connectivity index (χ2v) is 10.7. The molecule has 2 atom stereocenters. The highest BCUT2D eigenvalue weighted by Gasteiger charge is 2.29. The molecule has 1 aromatic rings. The third kappa shape index (κ3) is 16.5. The Morgan fingerprint density at radius 1 is 0.676 bits per heavy atom. The highest BCUT2D eigenvalue weighted by atomic mass is 16.3. The number of unbranched alkanes of at least 4 members (excludes halogenated alkanes) is 14. The van der Waals surface area contributed by atoms with Crippen LogP contribution in [-0.2, 0) is 6.54 Å². The van der Waals surface area contributed by atoms with Crippen LogP contribution in [0.1, 0.15) is 123 Å². The monoisotopic (exact) mass is 474 g/mol. The maximum atomic E-state index is 10.2. The van der Waals surface area contributed by atoms with Gasteiger partial charge in [-0.1, -0.05) is 121 Å². The minimum atomic E-state index is -0.409. The minimum absolute atomic E-state index is 0.409. The molecule has 0 spiro atoms. The molecule has 0 aliphatic carbocycles. The van der Waals surface area contributed by atoms with Crippen molar-refractivity contribution in [3.63, 3.8) is 0 Å². The molecule has 2 unspecified atom stereocenters. The standard InChI is InChI=1S/C31H56NO2/c1-4-5-6-7-8-9-10-11-12-13-14-15-16-17-18-22-25-32(26-29(2)33,27-30(3)34)28-31-23-20-19-21-24-31/h19-25,29-30,33-34H,4-18,26-28H2,1-3H3/q+1/b25-22+. The maximum Gasteiger partial charge on any atom is 0.109 e. The zero-order chi connectivity index (χ0) is 24.9. The number of rotatable bonds is 22. The molecule has 34 heavy (non-hydrogen) atoms. The minimum Gasteiger partial charge on any atom is -0.388 e. The summed E-state index contributed by atoms with van der Waals surface area (Å²) in [6, 6.07) is 10.4. The third-order valence-electron chi connectivity index (χ3n) is 6.74. The second-order valence-electron chi connectivity index (χ2n) is 10.7. The van der Waals surface area contributed by atoms with Crippen molar-refractivity contribution in [2.45, 2.75) is 136 Å². The highest BCUT2D eigenvalue weighted by Crippen LogP contribution is 2.20. The molecule has 1 rings (SSSR count). The van der Waals surface area contributed by atoms with Crippen LogP contribution in [0.2, 0.25) is 0 Å². The molecule has 0 bridgehead atoms. The number of aliphatic hydroxyl groups is 2. The van der Waals surface area contributed by atoms with Crippen LogP contribution in [0.4, 0.5) is 0 Å². The largest absolute Gasteiger partial charge is 0.388 e. The van der Waals surface area contributed by atoms with Crippen molar-refractivity contribution in [2.24, 2.45) is 0 Å². The molecule has 0 aliphatic heterocycles. The lowest BCUT2D eigenvalue weighted by Gasteiger charge is -2.37. The SMILES string of the molecule is CCCCCCCCCCCCCCCC/C=C/[N+](Cc1ccccc1)(CC(C)O)CC(C)O. The lowest BCUT2D eigenvalue weighted by atomic mass is 10.0. The van der Waals surface area contributed by atoms with E-state index in [9.17, 15) is 10.2 Å². The number of benzene rings is 1. The first-order valence-corrected chi connectivity index (χ1v) is 14.4. The molecule has 2 N–H and O–H groups in total. The summed E-state index contributed by atoms with van der Waals surface area (Å²) in [6.07, 6.45) is 24.2. The molecule has 1 aromatic carbocycles. The van der Waals surface area contributed by atoms with Crippen LogP contribution < -0.4 is 0 Å². The lowest BCUT2D eigenvalue weighted by molar-refractivity contribution is -0.898. The summed E-state index contributed by atoms with van der Waals surface area (Å²) in [5.41, 5.74) is 1.24. The van der Waals surface area contributed by atoms with Crippen molar-refractivity contribution in [3.8, 4) is 0 Å². The molecular formula is C31H56NO2+. The van der Waals surface area contributed by atoms with Crippen LogP contribution in [0.3, 0.4) is 0 Å². The van der Waals surface area contributed by atoms with Gasteiger partial charge < -0.3 is 10.2 Å². The van der Waals surface area contributed by atoms with Crippen LogP contribution in [0.15, 0.2) is 42.6 Å². The van der Waals surface area contributed by atoms with Crippen molar-refractivity contribution in [2.75, 3.05) is 13.1 Å². The van der Waals surface area contributed by atoms with Gasteiger partial charge in [0.2, 0.25) is 0 Å². The lowest BCUT2D eigenvalue weighted by Crippen LogP contribution is -2.50. The first kappa shape index (κ1) is 30.9. The first-order chi connectivity index (χ1) is 16.5. The predicted octanol–water partition coefficient (Wildman–Crippen LogP) is 8.15. The smallest absolute Gasteiger partial charge is 0.109 e. The zero-order valence-corrected chi connectivity index (χ0v) is 22.8. The zero-order valence-electron chi connectivity index (χ0n) is 22.8. The number of nitrogens with zero attached hydrogens (tertiary/aromatic N) is 1. The van der Waals surface area contributed by atoms with Crippen LogP contribution in [0, 0.1) is 0 Å². The van der Waals surface area contributed by atoms with E-state index < -0.39 is 12.2 Å². The van der Waals surface area contributed by atoms with E-state index in [4.69, 9.17) is 0 Å². The fourth-order valence-electron chi connectivity index (χ4n) is 5.13. The topological polar surface area (TPSA) is 40.5 Å². The van der Waals surface area contributed by atoms with Crippen LogP contribution >= 0.6 is 0 Å². The van der Waals surface area contributed by atoms with Crippen LogP contribution in [0.25, 0.3) is 0 Å². The number of hydrogen-bond acceptors (Lipinski definition) is 2. The third-order valence-corrected chi connectivity index (χ3v) is 6.74. The molecule has 0 saturated carbocycles. The van der Waals surface area contributed by atoms with Gasteiger partial charge in [0, 0.05) is 5.56 Å². The average molecular weight is 475 g/mol. The average Bonchev–Trinajstić information content (AvgIpc) is 2.78. The Bertz CT molecular complexity index is 587. The van der Waals surface area contributed by atoms with E-state index in [2.05, 4.69) is 43.5 Å². The van der Waals surface area contributed by atoms with Gasteiger partial charge in [-0.3, -0.25) is 4.48 Å². The predicted molar refractivity (Wildman–Crippen MR) is 148 cm³/mol. The van der Waals surface area contributed by atoms with Crippen LogP contribution in [0.5, 0.6) is 0 Å². The van der Waals surface area contributed by atoms with Crippen molar-refractivity contribution in [3.05, 3.63) is 48.2 Å². The Kier molecular flexibility index (Phi) is 18.2. The van der Waals surface area contributed by atoms with Gasteiger partial charge in [-0.25, -0.2) is 0 Å². The quantitative estimate of drug-likeness (QED) is 0.131. The van der Waals surface area contributed by atoms with E-state index in [1.807, 2.05) is 19.9 Å². The molecule has 3 heteroatoms. The molecule has 0 fully saturated rings. The van der Waals surface area contributed by atoms with Gasteiger partial charge in [-0.2, -0.15) is 0 Å². The number of allylic oxidation sites excluding steroid dienone is 1. The molecule has 196 valence electrons. The van der Waals surface area contributed by atoms with Gasteiger partial charge in [-0.15, -0.1) is 0 Å². The summed E-state index contributed by atoms with van der Waals surface area (Å²) in [6.45, 7) is 8.02. The highest BCUT2D eigenvalue weighted by molar-refractivity contribution is 5.13. The summed E-state index contributed by atoms with van der Waals surface area (Å²) in [4.78, 5) is 0. The Balaban J connectivity index is 2.27. The molecule has 3 nitrogen and oxygen atoms in total. The summed E-state index contributed by atoms with van der Waals surface area (Å²) in [5, 5.41) is 20.4. The van der Waals surface area contributed by atoms with E-state index >= 15 is 0 Å². The number of quaternary nitrogens is 1. The Morgan fingerprint density at radius 3 is 1.56 bits per heavy atom. The van der Waals surface area contributed by atoms with E-state index in [1.54, 1.807) is 0 Å². The number of hydrogen-bond donors (Lipinski definition) is 2. The van der Waals surface area contributed by atoms with Gasteiger partial charge in [0.25, 0.3) is 0 Å². The summed E-state index contributed by atoms with van der Waals surface area (Å²) in [5.74, 6) is 0. The van der Waals surface area contributed by atoms with Crippen molar-refractivity contribution in [1.29, 1.82) is 0 Å². The molecule has 0 aromatic heterocycles. The maximum absolute atomic E-state index is 10.2. The molecule has 0 radical (unpaired) electrons. The molecule has 0 saturated heterocycles. The number of aliphatic hydroxyl groups excluding tert-OH is 2. The van der Waals surface area contributed by atoms with Gasteiger partial charge in [-0.05, 0) is 32.8 Å². The second kappa shape index (κ2) is 20.1. The van der Waals surface area contributed by atoms with Crippen molar-refractivity contribution in [1.82, 2.24) is 0 Å². The summed E-state index contributed by atoms with van der Waals surface area (Å²) < 4.78 is 0.595. The Hall–Kier alpha value is -1.16. The van der Waals surface area contributed by atoms with Gasteiger partial charge in [0.15, 0.2) is 0 Å². The summed E-state index contributed by atoms with van der Waals surface area (Å²) in [7, 11) is 0. The van der Waals surface area contributed by atoms with E-state index in [0.29, 0.717) is 17.6 Å². The molecule has 0 amide bonds. The summed E-state index contributed by atoms with van der Waals surface area (Å²) >= 11 is 0. The Morgan fingerprint density at radius 2 is 1.12 bits per heavy atom. The van der Waals surface area contributed by atoms with E-state index in [1.165, 1.54) is 95.5 Å². The fraction of sp³-hybridized carbons (Fsp3) is 0.742. The van der Waals surface area contributed by atoms with Crippen LogP contribution in [-0.4, -0.2) is 40.0 Å². The van der Waals surface area contributed by atoms with Crippen molar-refractivity contribution >= 4 is 0 Å². The Labute approximate surface area is 211 Å².